The normalized spacial score (nSPS) is 16.8. The number of rotatable bonds is 6. The molecule has 1 saturated carbocycles. The molecule has 2 aromatic heterocycles. The molecule has 1 aliphatic carbocycles. The van der Waals surface area contributed by atoms with Crippen molar-refractivity contribution in [3.63, 3.8) is 0 Å². The zero-order chi connectivity index (χ0) is 24.1. The number of hydrogen-bond donors (Lipinski definition) is 2. The lowest BCUT2D eigenvalue weighted by Gasteiger charge is -2.10. The van der Waals surface area contributed by atoms with Gasteiger partial charge in [-0.25, -0.2) is 9.07 Å². The van der Waals surface area contributed by atoms with Crippen LogP contribution in [0.15, 0.2) is 54.7 Å². The molecule has 1 amide bonds. The number of aryl methyl sites for hydroxylation is 1. The van der Waals surface area contributed by atoms with Crippen LogP contribution in [0.4, 0.5) is 16.0 Å². The Morgan fingerprint density at radius 2 is 1.83 bits per heavy atom. The van der Waals surface area contributed by atoms with Crippen LogP contribution >= 0.6 is 0 Å². The van der Waals surface area contributed by atoms with Crippen molar-refractivity contribution >= 4 is 17.5 Å². The summed E-state index contributed by atoms with van der Waals surface area (Å²) in [5.74, 6) is 0.868. The predicted octanol–water partition coefficient (Wildman–Crippen LogP) is 5.59. The Morgan fingerprint density at radius 3 is 2.51 bits per heavy atom. The van der Waals surface area contributed by atoms with Gasteiger partial charge >= 0.3 is 0 Å². The standard InChI is InChI=1S/C27H25FN6O/c1-3-34-27(31-24-13-20-15(2)30-26(35)21(20)12-22(24)28)32-25(33-34)18-8-4-16(5-9-18)19-10-11-23(29-14-19)17-6-7-17/h4-5,8-15,17H,3,6-7H2,1-2H3,(H,30,35)(H,31,32,33)/t15-/m0/s1. The van der Waals surface area contributed by atoms with E-state index in [0.717, 1.165) is 22.3 Å². The predicted molar refractivity (Wildman–Crippen MR) is 132 cm³/mol. The molecule has 0 saturated heterocycles. The van der Waals surface area contributed by atoms with E-state index in [0.29, 0.717) is 29.8 Å². The number of aromatic nitrogens is 4. The van der Waals surface area contributed by atoms with Crippen LogP contribution in [0.25, 0.3) is 22.5 Å². The third kappa shape index (κ3) is 3.95. The Kier molecular flexibility index (Phi) is 5.09. The fourth-order valence-electron chi connectivity index (χ4n) is 4.50. The number of nitrogens with one attached hydrogen (secondary N) is 2. The first-order valence-electron chi connectivity index (χ1n) is 11.9. The fraction of sp³-hybridized carbons (Fsp3) is 0.259. The number of anilines is 2. The van der Waals surface area contributed by atoms with Crippen molar-refractivity contribution in [2.75, 3.05) is 5.32 Å². The molecular formula is C27H25FN6O. The largest absolute Gasteiger partial charge is 0.345 e. The number of carbonyl (C=O) groups excluding carboxylic acids is 1. The lowest BCUT2D eigenvalue weighted by molar-refractivity contribution is 0.0958. The van der Waals surface area contributed by atoms with E-state index in [-0.39, 0.29) is 17.6 Å². The molecule has 2 N–H and O–H groups in total. The van der Waals surface area contributed by atoms with Gasteiger partial charge in [0.25, 0.3) is 5.91 Å². The summed E-state index contributed by atoms with van der Waals surface area (Å²) in [5.41, 5.74) is 5.59. The highest BCUT2D eigenvalue weighted by Crippen LogP contribution is 2.39. The third-order valence-corrected chi connectivity index (χ3v) is 6.67. The maximum atomic E-state index is 14.8. The topological polar surface area (TPSA) is 84.7 Å². The molecule has 0 radical (unpaired) electrons. The van der Waals surface area contributed by atoms with Gasteiger partial charge < -0.3 is 10.6 Å². The average Bonchev–Trinajstić information content (AvgIpc) is 3.59. The zero-order valence-electron chi connectivity index (χ0n) is 19.5. The third-order valence-electron chi connectivity index (χ3n) is 6.67. The highest BCUT2D eigenvalue weighted by atomic mass is 19.1. The Morgan fingerprint density at radius 1 is 1.09 bits per heavy atom. The number of nitrogens with zero attached hydrogens (tertiary/aromatic N) is 4. The molecule has 1 atom stereocenters. The first-order chi connectivity index (χ1) is 17.0. The van der Waals surface area contributed by atoms with Crippen molar-refractivity contribution < 1.29 is 9.18 Å². The first kappa shape index (κ1) is 21.5. The van der Waals surface area contributed by atoms with Crippen LogP contribution in [0.5, 0.6) is 0 Å². The number of carbonyl (C=O) groups is 1. The Labute approximate surface area is 202 Å². The van der Waals surface area contributed by atoms with Gasteiger partial charge in [-0.05, 0) is 56.0 Å². The zero-order valence-corrected chi connectivity index (χ0v) is 19.5. The maximum absolute atomic E-state index is 14.8. The molecule has 7 nitrogen and oxygen atoms in total. The van der Waals surface area contributed by atoms with Crippen LogP contribution in [-0.2, 0) is 6.54 Å². The van der Waals surface area contributed by atoms with Gasteiger partial charge in [0.2, 0.25) is 5.95 Å². The van der Waals surface area contributed by atoms with Gasteiger partial charge in [-0.2, -0.15) is 4.98 Å². The van der Waals surface area contributed by atoms with E-state index < -0.39 is 5.82 Å². The van der Waals surface area contributed by atoms with Crippen LogP contribution in [0.1, 0.15) is 60.3 Å². The smallest absolute Gasteiger partial charge is 0.252 e. The molecule has 3 heterocycles. The highest BCUT2D eigenvalue weighted by molar-refractivity contribution is 5.99. The number of benzene rings is 2. The number of pyridine rings is 1. The lowest BCUT2D eigenvalue weighted by atomic mass is 10.0. The number of halogens is 1. The van der Waals surface area contributed by atoms with Crippen molar-refractivity contribution in [2.45, 2.75) is 45.2 Å². The minimum atomic E-state index is -0.508. The second-order valence-corrected chi connectivity index (χ2v) is 9.14. The van der Waals surface area contributed by atoms with Crippen molar-refractivity contribution in [1.82, 2.24) is 25.1 Å². The quantitative estimate of drug-likeness (QED) is 0.385. The number of fused-ring (bicyclic) bond motifs is 1. The summed E-state index contributed by atoms with van der Waals surface area (Å²) >= 11 is 0. The molecule has 0 spiro atoms. The minimum Gasteiger partial charge on any atom is -0.345 e. The molecule has 1 fully saturated rings. The van der Waals surface area contributed by atoms with Crippen LogP contribution in [0, 0.1) is 5.82 Å². The first-order valence-corrected chi connectivity index (χ1v) is 11.9. The Bertz CT molecular complexity index is 1420. The van der Waals surface area contributed by atoms with E-state index in [4.69, 9.17) is 0 Å². The fourth-order valence-corrected chi connectivity index (χ4v) is 4.50. The van der Waals surface area contributed by atoms with E-state index in [1.54, 1.807) is 10.7 Å². The van der Waals surface area contributed by atoms with Gasteiger partial charge in [0.1, 0.15) is 5.82 Å². The maximum Gasteiger partial charge on any atom is 0.252 e. The second-order valence-electron chi connectivity index (χ2n) is 9.14. The molecule has 0 unspecified atom stereocenters. The Hall–Kier alpha value is -4.07. The summed E-state index contributed by atoms with van der Waals surface area (Å²) in [7, 11) is 0. The van der Waals surface area contributed by atoms with E-state index in [1.807, 2.05) is 44.3 Å². The molecule has 2 aliphatic rings. The van der Waals surface area contributed by atoms with Crippen LogP contribution in [0.2, 0.25) is 0 Å². The van der Waals surface area contributed by atoms with Crippen molar-refractivity contribution in [1.29, 1.82) is 0 Å². The summed E-state index contributed by atoms with van der Waals surface area (Å²) in [6.07, 6.45) is 4.42. The summed E-state index contributed by atoms with van der Waals surface area (Å²) in [4.78, 5) is 21.2. The van der Waals surface area contributed by atoms with Crippen molar-refractivity contribution in [3.05, 3.63) is 77.4 Å². The van der Waals surface area contributed by atoms with Crippen molar-refractivity contribution in [3.8, 4) is 22.5 Å². The molecular weight excluding hydrogens is 443 g/mol. The monoisotopic (exact) mass is 468 g/mol. The summed E-state index contributed by atoms with van der Waals surface area (Å²) in [5, 5.41) is 10.5. The molecule has 0 bridgehead atoms. The second kappa shape index (κ2) is 8.30. The minimum absolute atomic E-state index is 0.170. The lowest BCUT2D eigenvalue weighted by Crippen LogP contribution is -2.16. The van der Waals surface area contributed by atoms with Gasteiger partial charge in [0.15, 0.2) is 5.82 Å². The number of hydrogen-bond acceptors (Lipinski definition) is 5. The molecule has 35 heavy (non-hydrogen) atoms. The van der Waals surface area contributed by atoms with E-state index in [2.05, 4.69) is 37.8 Å². The summed E-state index contributed by atoms with van der Waals surface area (Å²) in [6, 6.07) is 15.1. The molecule has 4 aromatic rings. The molecule has 6 rings (SSSR count). The van der Waals surface area contributed by atoms with Crippen LogP contribution in [-0.4, -0.2) is 25.7 Å². The van der Waals surface area contributed by atoms with Gasteiger partial charge in [0, 0.05) is 41.0 Å². The molecule has 176 valence electrons. The molecule has 2 aromatic carbocycles. The van der Waals surface area contributed by atoms with E-state index in [9.17, 15) is 9.18 Å². The van der Waals surface area contributed by atoms with E-state index >= 15 is 0 Å². The Balaban J connectivity index is 1.25. The van der Waals surface area contributed by atoms with E-state index in [1.165, 1.54) is 24.6 Å². The highest BCUT2D eigenvalue weighted by Gasteiger charge is 2.28. The van der Waals surface area contributed by atoms with Crippen LogP contribution < -0.4 is 10.6 Å². The molecule has 8 heteroatoms. The van der Waals surface area contributed by atoms with Crippen LogP contribution in [0.3, 0.4) is 0 Å². The molecule has 1 aliphatic heterocycles. The van der Waals surface area contributed by atoms with Gasteiger partial charge in [-0.1, -0.05) is 30.3 Å². The van der Waals surface area contributed by atoms with Gasteiger partial charge in [0.05, 0.1) is 11.7 Å². The summed E-state index contributed by atoms with van der Waals surface area (Å²) < 4.78 is 16.5. The van der Waals surface area contributed by atoms with Gasteiger partial charge in [-0.3, -0.25) is 9.78 Å². The number of amides is 1. The SMILES string of the molecule is CCn1nc(-c2ccc(-c3ccc(C4CC4)nc3)cc2)nc1Nc1cc2c(cc1F)C(=O)N[C@H]2C. The van der Waals surface area contributed by atoms with Crippen molar-refractivity contribution in [2.24, 2.45) is 0 Å². The van der Waals surface area contributed by atoms with Gasteiger partial charge in [-0.15, -0.1) is 5.10 Å². The average molecular weight is 469 g/mol. The summed E-state index contributed by atoms with van der Waals surface area (Å²) in [6.45, 7) is 4.39.